The lowest BCUT2D eigenvalue weighted by Gasteiger charge is -2.41. The number of aliphatic hydroxyl groups is 1. The molecule has 0 unspecified atom stereocenters. The highest BCUT2D eigenvalue weighted by atomic mass is 32.3. The summed E-state index contributed by atoms with van der Waals surface area (Å²) in [5.41, 5.74) is -1.07. The molecule has 1 fully saturated rings. The van der Waals surface area contributed by atoms with Crippen molar-refractivity contribution in [3.8, 4) is 0 Å². The molecule has 0 aliphatic carbocycles. The van der Waals surface area contributed by atoms with Crippen LogP contribution >= 0.6 is 11.4 Å². The highest BCUT2D eigenvalue weighted by Crippen LogP contribution is 2.56. The predicted molar refractivity (Wildman–Crippen MR) is 128 cm³/mol. The summed E-state index contributed by atoms with van der Waals surface area (Å²) in [5, 5.41) is 12.7. The van der Waals surface area contributed by atoms with Crippen molar-refractivity contribution in [1.82, 2.24) is 14.5 Å². The number of carbonyl (C=O) groups excluding carboxylic acids is 2. The molecular weight excluding hydrogens is 487 g/mol. The third-order valence-electron chi connectivity index (χ3n) is 6.05. The molecule has 0 spiro atoms. The fourth-order valence-electron chi connectivity index (χ4n) is 3.88. The van der Waals surface area contributed by atoms with Crippen LogP contribution in [0.15, 0.2) is 30.3 Å². The predicted octanol–water partition coefficient (Wildman–Crippen LogP) is 5.13. The van der Waals surface area contributed by atoms with E-state index in [9.17, 15) is 26.4 Å². The van der Waals surface area contributed by atoms with Crippen molar-refractivity contribution in [2.75, 3.05) is 32.8 Å². The molecule has 1 saturated heterocycles. The largest absolute Gasteiger partial charge is 0.445 e. The van der Waals surface area contributed by atoms with Crippen molar-refractivity contribution in [3.05, 3.63) is 35.9 Å². The monoisotopic (exact) mass is 523 g/mol. The Morgan fingerprint density at radius 2 is 1.83 bits per heavy atom. The molecule has 0 atom stereocenters. The van der Waals surface area contributed by atoms with E-state index in [1.54, 1.807) is 13.8 Å². The second kappa shape index (κ2) is 12.7. The zero-order valence-electron chi connectivity index (χ0n) is 20.5. The van der Waals surface area contributed by atoms with Gasteiger partial charge in [0.05, 0.1) is 12.1 Å². The van der Waals surface area contributed by atoms with Crippen LogP contribution in [0.25, 0.3) is 0 Å². The first kappa shape index (κ1) is 29.1. The average molecular weight is 524 g/mol. The van der Waals surface area contributed by atoms with E-state index in [0.717, 1.165) is 5.56 Å². The maximum Gasteiger partial charge on any atom is 0.410 e. The first-order valence-electron chi connectivity index (χ1n) is 11.6. The Kier molecular flexibility index (Phi) is 10.5. The molecule has 2 N–H and O–H groups in total. The standard InChI is InChI=1S/C23H36F3N3O5S/c1-4-29(35(24,25)26)14-8-11-22(2,3)34-20(31)27-23(18-30)12-15-28(16-13-23)21(32)33-17-19-9-6-5-7-10-19/h5-7,9-10,30H,4,8,11-18H2,1-3H3,(H,27,31). The molecule has 2 rings (SSSR count). The number of nitrogens with zero attached hydrogens (tertiary/aromatic N) is 2. The van der Waals surface area contributed by atoms with E-state index in [-0.39, 0.29) is 52.2 Å². The lowest BCUT2D eigenvalue weighted by atomic mass is 9.88. The minimum Gasteiger partial charge on any atom is -0.445 e. The summed E-state index contributed by atoms with van der Waals surface area (Å²) in [4.78, 5) is 26.4. The Balaban J connectivity index is 1.80. The molecule has 8 nitrogen and oxygen atoms in total. The fraction of sp³-hybridized carbons (Fsp3) is 0.652. The molecule has 1 aliphatic heterocycles. The highest BCUT2D eigenvalue weighted by Gasteiger charge is 2.39. The van der Waals surface area contributed by atoms with Gasteiger partial charge >= 0.3 is 12.2 Å². The minimum absolute atomic E-state index is 0.115. The van der Waals surface area contributed by atoms with Crippen LogP contribution < -0.4 is 5.32 Å². The van der Waals surface area contributed by atoms with Crippen LogP contribution in [0.4, 0.5) is 21.2 Å². The lowest BCUT2D eigenvalue weighted by Crippen LogP contribution is -2.59. The van der Waals surface area contributed by atoms with Gasteiger partial charge in [-0.25, -0.2) is 9.59 Å². The normalized spacial score (nSPS) is 16.6. The molecule has 1 aromatic rings. The van der Waals surface area contributed by atoms with Crippen LogP contribution in [0.3, 0.4) is 0 Å². The highest BCUT2D eigenvalue weighted by molar-refractivity contribution is 8.18. The van der Waals surface area contributed by atoms with Gasteiger partial charge in [-0.15, -0.1) is 11.7 Å². The molecule has 12 heteroatoms. The third kappa shape index (κ3) is 9.42. The summed E-state index contributed by atoms with van der Waals surface area (Å²) in [7, 11) is 0. The number of amides is 2. The zero-order valence-corrected chi connectivity index (χ0v) is 21.3. The first-order chi connectivity index (χ1) is 16.4. The van der Waals surface area contributed by atoms with Crippen LogP contribution in [-0.2, 0) is 16.1 Å². The average Bonchev–Trinajstić information content (AvgIpc) is 2.80. The minimum atomic E-state index is -5.27. The SMILES string of the molecule is CCN(CCCC(C)(C)OC(=O)NC1(CO)CCN(C(=O)OCc2ccccc2)CC1)S(F)(F)F. The van der Waals surface area contributed by atoms with Crippen molar-refractivity contribution in [3.63, 3.8) is 0 Å². The molecule has 1 heterocycles. The Hall–Kier alpha value is -2.18. The van der Waals surface area contributed by atoms with Crippen LogP contribution in [-0.4, -0.2) is 70.4 Å². The van der Waals surface area contributed by atoms with Crippen LogP contribution in [0, 0.1) is 0 Å². The van der Waals surface area contributed by atoms with Gasteiger partial charge in [0.2, 0.25) is 0 Å². The number of ether oxygens (including phenoxy) is 2. The van der Waals surface area contributed by atoms with Crippen molar-refractivity contribution < 1.29 is 35.8 Å². The van der Waals surface area contributed by atoms with Gasteiger partial charge in [-0.2, -0.15) is 4.31 Å². The number of halogens is 3. The summed E-state index contributed by atoms with van der Waals surface area (Å²) in [5.74, 6) is 0. The Bertz CT molecular complexity index is 818. The number of alkyl carbamates (subject to hydrolysis) is 1. The molecular formula is C23H36F3N3O5S. The second-order valence-corrected chi connectivity index (χ2v) is 10.5. The smallest absolute Gasteiger partial charge is 0.410 e. The van der Waals surface area contributed by atoms with Gasteiger partial charge in [-0.3, -0.25) is 0 Å². The van der Waals surface area contributed by atoms with Crippen LogP contribution in [0.1, 0.15) is 52.0 Å². The summed E-state index contributed by atoms with van der Waals surface area (Å²) in [6.45, 7) is 4.85. The van der Waals surface area contributed by atoms with E-state index in [1.165, 1.54) is 11.8 Å². The molecule has 0 bridgehead atoms. The van der Waals surface area contributed by atoms with E-state index in [1.807, 2.05) is 30.3 Å². The molecule has 0 aromatic heterocycles. The molecule has 0 saturated carbocycles. The van der Waals surface area contributed by atoms with E-state index >= 15 is 0 Å². The maximum atomic E-state index is 12.9. The van der Waals surface area contributed by atoms with E-state index in [4.69, 9.17) is 9.47 Å². The molecule has 200 valence electrons. The maximum absolute atomic E-state index is 12.9. The van der Waals surface area contributed by atoms with E-state index < -0.39 is 34.7 Å². The molecule has 2 amide bonds. The Morgan fingerprint density at radius 1 is 1.20 bits per heavy atom. The van der Waals surface area contributed by atoms with Gasteiger partial charge < -0.3 is 24.8 Å². The number of aliphatic hydroxyl groups excluding tert-OH is 1. The topological polar surface area (TPSA) is 91.3 Å². The first-order valence-corrected chi connectivity index (χ1v) is 12.9. The third-order valence-corrected chi connectivity index (χ3v) is 7.08. The number of nitrogens with one attached hydrogen (secondary N) is 1. The van der Waals surface area contributed by atoms with E-state index in [0.29, 0.717) is 17.1 Å². The van der Waals surface area contributed by atoms with Crippen LogP contribution in [0.2, 0.25) is 0 Å². The summed E-state index contributed by atoms with van der Waals surface area (Å²) in [6, 6.07) is 9.30. The Morgan fingerprint density at radius 3 is 2.37 bits per heavy atom. The summed E-state index contributed by atoms with van der Waals surface area (Å²) >= 11 is -5.27. The number of likely N-dealkylation sites (tertiary alicyclic amines) is 1. The van der Waals surface area contributed by atoms with Crippen molar-refractivity contribution in [2.24, 2.45) is 0 Å². The number of hydrogen-bond acceptors (Lipinski definition) is 6. The number of benzene rings is 1. The fourth-order valence-corrected chi connectivity index (χ4v) is 4.51. The summed E-state index contributed by atoms with van der Waals surface area (Å²) < 4.78 is 50.1. The molecule has 1 aliphatic rings. The Labute approximate surface area is 207 Å². The number of piperidine rings is 1. The second-order valence-electron chi connectivity index (χ2n) is 9.25. The van der Waals surface area contributed by atoms with E-state index in [2.05, 4.69) is 5.32 Å². The lowest BCUT2D eigenvalue weighted by molar-refractivity contribution is 0.0114. The van der Waals surface area contributed by atoms with Crippen molar-refractivity contribution >= 4 is 23.6 Å². The van der Waals surface area contributed by atoms with Gasteiger partial charge in [0.15, 0.2) is 0 Å². The summed E-state index contributed by atoms with van der Waals surface area (Å²) in [6.07, 6.45) is -0.145. The number of hydrogen-bond donors (Lipinski definition) is 2. The zero-order chi connectivity index (χ0) is 26.1. The van der Waals surface area contributed by atoms with Gasteiger partial charge in [-0.05, 0) is 45.1 Å². The quantitative estimate of drug-likeness (QED) is 0.418. The van der Waals surface area contributed by atoms with Gasteiger partial charge in [0.1, 0.15) is 12.2 Å². The number of carbonyl (C=O) groups is 2. The van der Waals surface area contributed by atoms with Crippen LogP contribution in [0.5, 0.6) is 0 Å². The van der Waals surface area contributed by atoms with Crippen molar-refractivity contribution in [2.45, 2.75) is 64.2 Å². The number of rotatable bonds is 11. The molecule has 1 aromatic carbocycles. The molecule has 0 radical (unpaired) electrons. The van der Waals surface area contributed by atoms with Gasteiger partial charge in [0, 0.05) is 26.2 Å². The van der Waals surface area contributed by atoms with Crippen molar-refractivity contribution in [1.29, 1.82) is 0 Å². The van der Waals surface area contributed by atoms with Gasteiger partial charge in [-0.1, -0.05) is 37.3 Å². The molecule has 35 heavy (non-hydrogen) atoms. The van der Waals surface area contributed by atoms with Gasteiger partial charge in [0.25, 0.3) is 11.4 Å².